The van der Waals surface area contributed by atoms with Gasteiger partial charge in [-0.15, -0.1) is 0 Å². The van der Waals surface area contributed by atoms with Gasteiger partial charge in [-0.05, 0) is 47.9 Å². The number of carbonyl (C=O) groups excluding carboxylic acids is 1. The summed E-state index contributed by atoms with van der Waals surface area (Å²) in [6, 6.07) is 15.0. The summed E-state index contributed by atoms with van der Waals surface area (Å²) >= 11 is 0. The highest BCUT2D eigenvalue weighted by Crippen LogP contribution is 2.27. The predicted molar refractivity (Wildman–Crippen MR) is 91.8 cm³/mol. The highest BCUT2D eigenvalue weighted by Gasteiger charge is 2.24. The van der Waals surface area contributed by atoms with Crippen LogP contribution < -0.4 is 0 Å². The first-order chi connectivity index (χ1) is 10.6. The number of amides is 1. The Labute approximate surface area is 133 Å². The van der Waals surface area contributed by atoms with E-state index >= 15 is 0 Å². The molecule has 1 amide bonds. The van der Waals surface area contributed by atoms with Crippen molar-refractivity contribution < 1.29 is 4.79 Å². The molecule has 0 bridgehead atoms. The van der Waals surface area contributed by atoms with E-state index in [0.29, 0.717) is 12.5 Å². The van der Waals surface area contributed by atoms with Crippen LogP contribution >= 0.6 is 0 Å². The highest BCUT2D eigenvalue weighted by atomic mass is 16.2. The summed E-state index contributed by atoms with van der Waals surface area (Å²) in [5, 5.41) is 2.41. The van der Waals surface area contributed by atoms with Crippen LogP contribution in [0.1, 0.15) is 38.2 Å². The second-order valence-corrected chi connectivity index (χ2v) is 6.73. The number of benzene rings is 2. The average Bonchev–Trinajstić information content (AvgIpc) is 2.55. The van der Waals surface area contributed by atoms with Gasteiger partial charge in [0, 0.05) is 13.1 Å². The zero-order valence-electron chi connectivity index (χ0n) is 13.6. The van der Waals surface area contributed by atoms with Gasteiger partial charge in [-0.1, -0.05) is 49.4 Å². The van der Waals surface area contributed by atoms with Crippen LogP contribution in [-0.4, -0.2) is 23.9 Å². The van der Waals surface area contributed by atoms with E-state index in [4.69, 9.17) is 0 Å². The first kappa shape index (κ1) is 15.1. The molecule has 1 fully saturated rings. The Morgan fingerprint density at radius 2 is 1.73 bits per heavy atom. The Morgan fingerprint density at radius 1 is 1.05 bits per heavy atom. The van der Waals surface area contributed by atoms with E-state index in [1.54, 1.807) is 0 Å². The second kappa shape index (κ2) is 6.51. The molecule has 0 atom stereocenters. The molecule has 3 rings (SSSR count). The molecule has 1 saturated carbocycles. The zero-order valence-corrected chi connectivity index (χ0v) is 13.6. The summed E-state index contributed by atoms with van der Waals surface area (Å²) in [5.74, 6) is 1.06. The van der Waals surface area contributed by atoms with Crippen LogP contribution in [0.4, 0.5) is 0 Å². The fourth-order valence-corrected chi connectivity index (χ4v) is 3.57. The van der Waals surface area contributed by atoms with Crippen LogP contribution in [0.5, 0.6) is 0 Å². The summed E-state index contributed by atoms with van der Waals surface area (Å²) in [7, 11) is 1.98. The van der Waals surface area contributed by atoms with Gasteiger partial charge in [0.15, 0.2) is 0 Å². The quantitative estimate of drug-likeness (QED) is 0.821. The molecule has 0 unspecified atom stereocenters. The van der Waals surface area contributed by atoms with Crippen molar-refractivity contribution in [2.45, 2.75) is 45.1 Å². The van der Waals surface area contributed by atoms with Gasteiger partial charge in [-0.2, -0.15) is 0 Å². The lowest BCUT2D eigenvalue weighted by Gasteiger charge is -2.33. The third-order valence-corrected chi connectivity index (χ3v) is 5.15. The molecule has 1 aliphatic carbocycles. The molecular formula is C20H25NO. The second-order valence-electron chi connectivity index (χ2n) is 6.73. The SMILES string of the molecule is CC1CCC(N(C)C(=O)Cc2cccc3ccccc23)CC1. The van der Waals surface area contributed by atoms with Gasteiger partial charge >= 0.3 is 0 Å². The molecule has 116 valence electrons. The van der Waals surface area contributed by atoms with Crippen molar-refractivity contribution in [1.29, 1.82) is 0 Å². The monoisotopic (exact) mass is 295 g/mol. The van der Waals surface area contributed by atoms with E-state index in [-0.39, 0.29) is 5.91 Å². The molecule has 2 aromatic carbocycles. The number of fused-ring (bicyclic) bond motifs is 1. The van der Waals surface area contributed by atoms with Crippen LogP contribution in [0.2, 0.25) is 0 Å². The highest BCUT2D eigenvalue weighted by molar-refractivity contribution is 5.90. The largest absolute Gasteiger partial charge is 0.342 e. The Bertz CT molecular complexity index is 650. The van der Waals surface area contributed by atoms with Crippen LogP contribution in [0, 0.1) is 5.92 Å². The van der Waals surface area contributed by atoms with Crippen molar-refractivity contribution in [3.05, 3.63) is 48.0 Å². The number of likely N-dealkylation sites (N-methyl/N-ethyl adjacent to an activating group) is 1. The zero-order chi connectivity index (χ0) is 15.5. The molecule has 2 heteroatoms. The third-order valence-electron chi connectivity index (χ3n) is 5.15. The van der Waals surface area contributed by atoms with Crippen molar-refractivity contribution in [2.75, 3.05) is 7.05 Å². The first-order valence-corrected chi connectivity index (χ1v) is 8.37. The molecule has 0 N–H and O–H groups in total. The molecule has 0 aromatic heterocycles. The van der Waals surface area contributed by atoms with Gasteiger partial charge in [0.25, 0.3) is 0 Å². The van der Waals surface area contributed by atoms with E-state index in [1.807, 2.05) is 30.1 Å². The van der Waals surface area contributed by atoms with Crippen molar-refractivity contribution in [1.82, 2.24) is 4.90 Å². The maximum absolute atomic E-state index is 12.7. The summed E-state index contributed by atoms with van der Waals surface area (Å²) in [6.07, 6.45) is 5.30. The smallest absolute Gasteiger partial charge is 0.227 e. The van der Waals surface area contributed by atoms with E-state index in [2.05, 4.69) is 31.2 Å². The minimum atomic E-state index is 0.246. The minimum absolute atomic E-state index is 0.246. The molecule has 0 radical (unpaired) electrons. The average molecular weight is 295 g/mol. The van der Waals surface area contributed by atoms with Gasteiger partial charge < -0.3 is 4.90 Å². The van der Waals surface area contributed by atoms with Crippen LogP contribution in [0.3, 0.4) is 0 Å². The molecule has 0 aliphatic heterocycles. The van der Waals surface area contributed by atoms with Gasteiger partial charge in [0.05, 0.1) is 6.42 Å². The van der Waals surface area contributed by atoms with E-state index in [0.717, 1.165) is 24.3 Å². The summed E-state index contributed by atoms with van der Waals surface area (Å²) < 4.78 is 0. The fourth-order valence-electron chi connectivity index (χ4n) is 3.57. The third kappa shape index (κ3) is 3.16. The topological polar surface area (TPSA) is 20.3 Å². The number of nitrogens with zero attached hydrogens (tertiary/aromatic N) is 1. The molecule has 0 saturated heterocycles. The molecule has 2 aromatic rings. The molecule has 22 heavy (non-hydrogen) atoms. The lowest BCUT2D eigenvalue weighted by Crippen LogP contribution is -2.40. The minimum Gasteiger partial charge on any atom is -0.342 e. The summed E-state index contributed by atoms with van der Waals surface area (Å²) in [6.45, 7) is 2.31. The number of carbonyl (C=O) groups is 1. The molecule has 0 heterocycles. The van der Waals surface area contributed by atoms with Crippen LogP contribution in [0.15, 0.2) is 42.5 Å². The maximum Gasteiger partial charge on any atom is 0.227 e. The van der Waals surface area contributed by atoms with Crippen molar-refractivity contribution >= 4 is 16.7 Å². The summed E-state index contributed by atoms with van der Waals surface area (Å²) in [5.41, 5.74) is 1.14. The van der Waals surface area contributed by atoms with Crippen molar-refractivity contribution in [3.63, 3.8) is 0 Å². The predicted octanol–water partition coefficient (Wildman–Crippen LogP) is 4.42. The van der Waals surface area contributed by atoms with Gasteiger partial charge in [-0.25, -0.2) is 0 Å². The van der Waals surface area contributed by atoms with Crippen molar-refractivity contribution in [3.8, 4) is 0 Å². The van der Waals surface area contributed by atoms with E-state index < -0.39 is 0 Å². The van der Waals surface area contributed by atoms with E-state index in [1.165, 1.54) is 23.6 Å². The Hall–Kier alpha value is -1.83. The Kier molecular flexibility index (Phi) is 4.47. The lowest BCUT2D eigenvalue weighted by atomic mass is 9.86. The van der Waals surface area contributed by atoms with Gasteiger partial charge in [-0.3, -0.25) is 4.79 Å². The van der Waals surface area contributed by atoms with Crippen LogP contribution in [-0.2, 0) is 11.2 Å². The lowest BCUT2D eigenvalue weighted by molar-refractivity contribution is -0.131. The number of rotatable bonds is 3. The Morgan fingerprint density at radius 3 is 2.50 bits per heavy atom. The fraction of sp³-hybridized carbons (Fsp3) is 0.450. The maximum atomic E-state index is 12.7. The Balaban J connectivity index is 1.73. The number of hydrogen-bond donors (Lipinski definition) is 0. The standard InChI is InChI=1S/C20H25NO/c1-15-10-12-18(13-11-15)21(2)20(22)14-17-8-5-7-16-6-3-4-9-19(16)17/h3-9,15,18H,10-14H2,1-2H3. The molecular weight excluding hydrogens is 270 g/mol. The molecule has 2 nitrogen and oxygen atoms in total. The number of hydrogen-bond acceptors (Lipinski definition) is 1. The van der Waals surface area contributed by atoms with Gasteiger partial charge in [0.2, 0.25) is 5.91 Å². The summed E-state index contributed by atoms with van der Waals surface area (Å²) in [4.78, 5) is 14.7. The van der Waals surface area contributed by atoms with Crippen LogP contribution in [0.25, 0.3) is 10.8 Å². The molecule has 1 aliphatic rings. The van der Waals surface area contributed by atoms with E-state index in [9.17, 15) is 4.79 Å². The van der Waals surface area contributed by atoms with Crippen molar-refractivity contribution in [2.24, 2.45) is 5.92 Å². The normalized spacial score (nSPS) is 21.7. The molecule has 0 spiro atoms. The van der Waals surface area contributed by atoms with Gasteiger partial charge in [0.1, 0.15) is 0 Å². The first-order valence-electron chi connectivity index (χ1n) is 8.37.